The van der Waals surface area contributed by atoms with Crippen molar-refractivity contribution in [2.45, 2.75) is 13.0 Å². The van der Waals surface area contributed by atoms with E-state index in [1.807, 2.05) is 6.07 Å². The van der Waals surface area contributed by atoms with Gasteiger partial charge in [-0.2, -0.15) is 5.26 Å². The molecule has 0 aliphatic carbocycles. The molecule has 1 aromatic heterocycles. The van der Waals surface area contributed by atoms with Crippen molar-refractivity contribution in [1.82, 2.24) is 9.55 Å². The summed E-state index contributed by atoms with van der Waals surface area (Å²) in [5.74, 6) is -1.34. The molecule has 0 aliphatic heterocycles. The number of hydrogen-bond donors (Lipinski definition) is 0. The number of halogens is 5. The van der Waals surface area contributed by atoms with Crippen molar-refractivity contribution < 1.29 is 18.0 Å². The Kier molecular flexibility index (Phi) is 5.03. The van der Waals surface area contributed by atoms with E-state index in [0.717, 1.165) is 12.1 Å². The first kappa shape index (κ1) is 18.4. The number of fused-ring (bicyclic) bond motifs is 1. The number of nitriles is 1. The lowest BCUT2D eigenvalue weighted by molar-refractivity contribution is 0.103. The second-order valence-electron chi connectivity index (χ2n) is 5.33. The Morgan fingerprint density at radius 3 is 2.77 bits per heavy atom. The fraction of sp³-hybridized carbons (Fsp3) is 0.118. The first-order valence-electron chi connectivity index (χ1n) is 7.18. The summed E-state index contributed by atoms with van der Waals surface area (Å²) in [6.45, 7) is -0.600. The van der Waals surface area contributed by atoms with Crippen LogP contribution in [0.5, 0.6) is 0 Å². The van der Waals surface area contributed by atoms with Crippen molar-refractivity contribution in [1.29, 1.82) is 5.26 Å². The molecule has 0 atom stereocenters. The highest BCUT2D eigenvalue weighted by molar-refractivity contribution is 9.10. The minimum Gasteiger partial charge on any atom is -0.325 e. The van der Waals surface area contributed by atoms with E-state index in [1.165, 1.54) is 23.0 Å². The zero-order chi connectivity index (χ0) is 19.0. The van der Waals surface area contributed by atoms with E-state index in [2.05, 4.69) is 20.9 Å². The Hall–Kier alpha value is -2.37. The molecule has 0 saturated carbocycles. The SMILES string of the molecule is N#Cc1c(C(=O)c2cc(F)ccc2Cl)c(Br)cc2c1ncn2CC(F)F. The van der Waals surface area contributed by atoms with Gasteiger partial charge >= 0.3 is 0 Å². The molecule has 0 aliphatic rings. The van der Waals surface area contributed by atoms with E-state index in [1.54, 1.807) is 0 Å². The lowest BCUT2D eigenvalue weighted by Crippen LogP contribution is -2.09. The third-order valence-corrected chi connectivity index (χ3v) is 4.67. The van der Waals surface area contributed by atoms with Crippen molar-refractivity contribution in [3.05, 3.63) is 62.6 Å². The molecule has 26 heavy (non-hydrogen) atoms. The molecule has 0 fully saturated rings. The molecule has 0 radical (unpaired) electrons. The van der Waals surface area contributed by atoms with Gasteiger partial charge in [0.15, 0.2) is 5.78 Å². The number of alkyl halides is 2. The Balaban J connectivity index is 2.24. The number of benzene rings is 2. The van der Waals surface area contributed by atoms with E-state index in [4.69, 9.17) is 11.6 Å². The van der Waals surface area contributed by atoms with Gasteiger partial charge in [0, 0.05) is 10.0 Å². The van der Waals surface area contributed by atoms with Crippen LogP contribution in [0, 0.1) is 17.1 Å². The van der Waals surface area contributed by atoms with Gasteiger partial charge in [0.25, 0.3) is 6.43 Å². The van der Waals surface area contributed by atoms with Crippen LogP contribution in [0.4, 0.5) is 13.2 Å². The zero-order valence-corrected chi connectivity index (χ0v) is 15.2. The van der Waals surface area contributed by atoms with Crippen LogP contribution in [-0.4, -0.2) is 21.8 Å². The number of imidazole rings is 1. The molecule has 0 amide bonds. The lowest BCUT2D eigenvalue weighted by atomic mass is 9.97. The van der Waals surface area contributed by atoms with Gasteiger partial charge < -0.3 is 4.57 Å². The molecule has 132 valence electrons. The van der Waals surface area contributed by atoms with E-state index >= 15 is 0 Å². The van der Waals surface area contributed by atoms with Gasteiger partial charge in [-0.1, -0.05) is 11.6 Å². The van der Waals surface area contributed by atoms with Crippen LogP contribution in [0.15, 0.2) is 35.1 Å². The molecule has 0 bridgehead atoms. The van der Waals surface area contributed by atoms with Gasteiger partial charge in [-0.3, -0.25) is 4.79 Å². The van der Waals surface area contributed by atoms with E-state index in [-0.39, 0.29) is 37.2 Å². The maximum Gasteiger partial charge on any atom is 0.256 e. The van der Waals surface area contributed by atoms with E-state index in [9.17, 15) is 23.2 Å². The van der Waals surface area contributed by atoms with E-state index in [0.29, 0.717) is 0 Å². The Morgan fingerprint density at radius 2 is 2.12 bits per heavy atom. The molecule has 0 unspecified atom stereocenters. The fourth-order valence-corrected chi connectivity index (χ4v) is 3.40. The van der Waals surface area contributed by atoms with Crippen molar-refractivity contribution >= 4 is 44.3 Å². The minimum atomic E-state index is -2.61. The quantitative estimate of drug-likeness (QED) is 0.537. The lowest BCUT2D eigenvalue weighted by Gasteiger charge is -2.10. The van der Waals surface area contributed by atoms with Gasteiger partial charge in [-0.25, -0.2) is 18.2 Å². The van der Waals surface area contributed by atoms with Crippen molar-refractivity contribution in [3.63, 3.8) is 0 Å². The summed E-state index contributed by atoms with van der Waals surface area (Å²) in [6, 6.07) is 6.61. The summed E-state index contributed by atoms with van der Waals surface area (Å²) in [7, 11) is 0. The largest absolute Gasteiger partial charge is 0.325 e. The highest BCUT2D eigenvalue weighted by Crippen LogP contribution is 2.32. The Morgan fingerprint density at radius 1 is 1.38 bits per heavy atom. The molecule has 0 spiro atoms. The van der Waals surface area contributed by atoms with Crippen LogP contribution < -0.4 is 0 Å². The standard InChI is InChI=1S/C17H8BrClF3N3O/c18-11-4-13-16(24-7-25(13)6-14(21)22)10(5-23)15(11)17(26)9-3-8(20)1-2-12(9)19/h1-4,7,14H,6H2. The van der Waals surface area contributed by atoms with Crippen LogP contribution in [-0.2, 0) is 6.54 Å². The van der Waals surface area contributed by atoms with Crippen LogP contribution in [0.25, 0.3) is 11.0 Å². The summed E-state index contributed by atoms with van der Waals surface area (Å²) in [4.78, 5) is 16.8. The number of aromatic nitrogens is 2. The normalized spacial score (nSPS) is 11.1. The average Bonchev–Trinajstić information content (AvgIpc) is 2.97. The highest BCUT2D eigenvalue weighted by atomic mass is 79.9. The Labute approximate surface area is 158 Å². The van der Waals surface area contributed by atoms with Crippen LogP contribution in [0.2, 0.25) is 5.02 Å². The third-order valence-electron chi connectivity index (χ3n) is 3.71. The van der Waals surface area contributed by atoms with Gasteiger partial charge in [0.1, 0.15) is 17.4 Å². The number of carbonyl (C=O) groups excluding carboxylic acids is 1. The number of carbonyl (C=O) groups is 1. The number of nitrogens with zero attached hydrogens (tertiary/aromatic N) is 3. The van der Waals surface area contributed by atoms with Crippen molar-refractivity contribution in [3.8, 4) is 6.07 Å². The number of hydrogen-bond acceptors (Lipinski definition) is 3. The second-order valence-corrected chi connectivity index (χ2v) is 6.59. The molecule has 0 saturated heterocycles. The zero-order valence-electron chi connectivity index (χ0n) is 12.8. The maximum absolute atomic E-state index is 13.5. The van der Waals surface area contributed by atoms with E-state index < -0.39 is 24.6 Å². The average molecular weight is 443 g/mol. The molecular weight excluding hydrogens is 435 g/mol. The monoisotopic (exact) mass is 441 g/mol. The van der Waals surface area contributed by atoms with Gasteiger partial charge in [0.2, 0.25) is 0 Å². The van der Waals surface area contributed by atoms with Gasteiger partial charge in [-0.15, -0.1) is 0 Å². The van der Waals surface area contributed by atoms with Gasteiger partial charge in [-0.05, 0) is 40.2 Å². The van der Waals surface area contributed by atoms with Crippen molar-refractivity contribution in [2.24, 2.45) is 0 Å². The molecule has 3 aromatic rings. The topological polar surface area (TPSA) is 58.7 Å². The first-order chi connectivity index (χ1) is 12.3. The predicted octanol–water partition coefficient (Wildman–Crippen LogP) is 4.96. The second kappa shape index (κ2) is 7.09. The summed E-state index contributed by atoms with van der Waals surface area (Å²) in [6.07, 6.45) is -1.43. The molecule has 9 heteroatoms. The Bertz CT molecular complexity index is 1080. The number of ketones is 1. The van der Waals surface area contributed by atoms with Crippen molar-refractivity contribution in [2.75, 3.05) is 0 Å². The molecule has 2 aromatic carbocycles. The third kappa shape index (κ3) is 3.20. The summed E-state index contributed by atoms with van der Waals surface area (Å²) in [5.41, 5.74) is 0.0978. The minimum absolute atomic E-state index is 0.0236. The molecule has 4 nitrogen and oxygen atoms in total. The smallest absolute Gasteiger partial charge is 0.256 e. The predicted molar refractivity (Wildman–Crippen MR) is 93.0 cm³/mol. The first-order valence-corrected chi connectivity index (χ1v) is 8.36. The van der Waals surface area contributed by atoms with Crippen LogP contribution >= 0.6 is 27.5 Å². The highest BCUT2D eigenvalue weighted by Gasteiger charge is 2.24. The molecular formula is C17H8BrClF3N3O. The van der Waals surface area contributed by atoms with Crippen LogP contribution in [0.1, 0.15) is 21.5 Å². The van der Waals surface area contributed by atoms with Gasteiger partial charge in [0.05, 0.1) is 34.5 Å². The molecule has 0 N–H and O–H groups in total. The maximum atomic E-state index is 13.5. The number of rotatable bonds is 4. The summed E-state index contributed by atoms with van der Waals surface area (Å²) < 4.78 is 40.3. The van der Waals surface area contributed by atoms with Crippen LogP contribution in [0.3, 0.4) is 0 Å². The fourth-order valence-electron chi connectivity index (χ4n) is 2.60. The summed E-state index contributed by atoms with van der Waals surface area (Å²) in [5, 5.41) is 9.55. The molecule has 3 rings (SSSR count). The summed E-state index contributed by atoms with van der Waals surface area (Å²) >= 11 is 9.18. The molecule has 1 heterocycles.